The standard InChI is InChI=1S/C23H25N3O6S4.H3N/c24-17(15-22-25(11-5-13-35(27,28)29)18-7-1-3-9-20(18)33-22)16-23-26(12-6-14-36(30,31)32)19-8-2-4-10-21(19)34-23;/h1-4,7-10,15-16,24H,5-6,11-14H2,(H2,27,28,29,30,31,32);1H3/b22-15+;. The smallest absolute Gasteiger partial charge is 0.264 e. The van der Waals surface area contributed by atoms with Crippen LogP contribution in [0, 0.1) is 0 Å². The molecule has 0 aliphatic carbocycles. The second-order valence-corrected chi connectivity index (χ2v) is 13.3. The number of aryl methyl sites for hydroxylation is 1. The highest BCUT2D eigenvalue weighted by Gasteiger charge is 2.25. The first kappa shape index (κ1) is 29.1. The molecule has 200 valence electrons. The first-order valence-electron chi connectivity index (χ1n) is 11.0. The molecular weight excluding hydrogens is 557 g/mol. The number of thiazole rings is 1. The van der Waals surface area contributed by atoms with Crippen LogP contribution in [-0.2, 0) is 26.8 Å². The number of para-hydroxylation sites is 2. The molecule has 0 unspecified atom stereocenters. The Morgan fingerprint density at radius 3 is 2.35 bits per heavy atom. The molecule has 1 aromatic heterocycles. The van der Waals surface area contributed by atoms with Crippen LogP contribution in [-0.4, -0.2) is 44.0 Å². The number of allylic oxidation sites excluding steroid dienone is 1. The lowest BCUT2D eigenvalue weighted by Gasteiger charge is -2.21. The molecule has 1 aliphatic heterocycles. The number of quaternary nitrogens is 1. The number of hydrogen-bond donors (Lipinski definition) is 2. The Bertz CT molecular complexity index is 1550. The fraction of sp³-hybridized carbons (Fsp3) is 0.261. The number of benzene rings is 2. The third-order valence-electron chi connectivity index (χ3n) is 5.41. The number of thioether (sulfide) groups is 1. The lowest BCUT2D eigenvalue weighted by atomic mass is 10.2. The summed E-state index contributed by atoms with van der Waals surface area (Å²) >= 11 is 3.00. The molecule has 6 N–H and O–H groups in total. The van der Waals surface area contributed by atoms with Crippen molar-refractivity contribution in [3.63, 3.8) is 0 Å². The van der Waals surface area contributed by atoms with E-state index in [1.165, 1.54) is 23.1 Å². The zero-order chi connectivity index (χ0) is 25.9. The van der Waals surface area contributed by atoms with Crippen LogP contribution in [0.3, 0.4) is 0 Å². The van der Waals surface area contributed by atoms with Crippen molar-refractivity contribution in [3.8, 4) is 0 Å². The van der Waals surface area contributed by atoms with Crippen LogP contribution >= 0.6 is 23.1 Å². The summed E-state index contributed by atoms with van der Waals surface area (Å²) in [5, 5.41) is 1.61. The van der Waals surface area contributed by atoms with E-state index >= 15 is 0 Å². The van der Waals surface area contributed by atoms with E-state index < -0.39 is 31.7 Å². The van der Waals surface area contributed by atoms with E-state index in [4.69, 9.17) is 5.73 Å². The fourth-order valence-corrected chi connectivity index (χ4v) is 7.17. The van der Waals surface area contributed by atoms with Gasteiger partial charge in [0, 0.05) is 47.2 Å². The molecule has 0 atom stereocenters. The maximum atomic E-state index is 11.1. The summed E-state index contributed by atoms with van der Waals surface area (Å²) in [6.45, 7) is 0.689. The maximum absolute atomic E-state index is 11.1. The Morgan fingerprint density at radius 2 is 1.62 bits per heavy atom. The van der Waals surface area contributed by atoms with Crippen LogP contribution in [0.4, 0.5) is 5.69 Å². The molecule has 3 aromatic rings. The van der Waals surface area contributed by atoms with E-state index in [9.17, 15) is 25.9 Å². The largest absolute Gasteiger partial charge is 0.748 e. The van der Waals surface area contributed by atoms with E-state index in [1.54, 1.807) is 12.2 Å². The van der Waals surface area contributed by atoms with Crippen LogP contribution in [0.5, 0.6) is 0 Å². The van der Waals surface area contributed by atoms with Gasteiger partial charge in [-0.25, -0.2) is 16.8 Å². The Balaban J connectivity index is 0.00000380. The number of rotatable bonds is 10. The fourth-order valence-electron chi connectivity index (χ4n) is 3.91. The number of fused-ring (bicyclic) bond motifs is 2. The SMILES string of the molecule is NC(=C\c1sc2ccccc2[n+]1CCCS(=O)(=O)[O-])/C=C1/Sc2ccccc2N1CCCS(=O)(=O)[O-].[NH4+]. The van der Waals surface area contributed by atoms with Gasteiger partial charge in [-0.05, 0) is 30.7 Å². The molecular formula is C23H28N4O6S4. The predicted molar refractivity (Wildman–Crippen MR) is 146 cm³/mol. The molecule has 0 fully saturated rings. The molecule has 2 aromatic carbocycles. The monoisotopic (exact) mass is 584 g/mol. The van der Waals surface area contributed by atoms with Crippen LogP contribution < -0.4 is 21.4 Å². The maximum Gasteiger partial charge on any atom is 0.264 e. The van der Waals surface area contributed by atoms with E-state index in [0.29, 0.717) is 18.8 Å². The average molecular weight is 585 g/mol. The molecule has 10 nitrogen and oxygen atoms in total. The molecule has 1 aliphatic rings. The lowest BCUT2D eigenvalue weighted by molar-refractivity contribution is -0.668. The summed E-state index contributed by atoms with van der Waals surface area (Å²) in [5.41, 5.74) is 8.70. The first-order valence-corrected chi connectivity index (χ1v) is 15.8. The molecule has 4 rings (SSSR count). The molecule has 0 bridgehead atoms. The van der Waals surface area contributed by atoms with Crippen molar-refractivity contribution in [2.45, 2.75) is 24.3 Å². The summed E-state index contributed by atoms with van der Waals surface area (Å²) in [6.07, 6.45) is 3.96. The topological polar surface area (TPSA) is 184 Å². The number of anilines is 1. The molecule has 2 heterocycles. The van der Waals surface area contributed by atoms with Gasteiger partial charge >= 0.3 is 0 Å². The van der Waals surface area contributed by atoms with Crippen LogP contribution in [0.25, 0.3) is 16.3 Å². The molecule has 0 spiro atoms. The predicted octanol–water partition coefficient (Wildman–Crippen LogP) is 3.19. The minimum absolute atomic E-state index is 0. The van der Waals surface area contributed by atoms with Crippen molar-refractivity contribution in [1.29, 1.82) is 0 Å². The Kier molecular flexibility index (Phi) is 9.39. The highest BCUT2D eigenvalue weighted by molar-refractivity contribution is 8.03. The zero-order valence-corrected chi connectivity index (χ0v) is 23.3. The van der Waals surface area contributed by atoms with Crippen LogP contribution in [0.15, 0.2) is 70.2 Å². The van der Waals surface area contributed by atoms with Gasteiger partial charge < -0.3 is 25.9 Å². The van der Waals surface area contributed by atoms with Gasteiger partial charge in [-0.15, -0.1) is 0 Å². The Hall–Kier alpha value is -2.46. The van der Waals surface area contributed by atoms with Crippen LogP contribution in [0.2, 0.25) is 0 Å². The lowest BCUT2D eigenvalue weighted by Crippen LogP contribution is -2.36. The third-order valence-corrected chi connectivity index (χ3v) is 9.21. The Labute approximate surface area is 224 Å². The highest BCUT2D eigenvalue weighted by atomic mass is 32.2. The number of nitrogens with two attached hydrogens (primary N) is 1. The van der Waals surface area contributed by atoms with Crippen molar-refractivity contribution < 1.29 is 30.5 Å². The van der Waals surface area contributed by atoms with Gasteiger partial charge in [0.1, 0.15) is 4.70 Å². The normalized spacial score (nSPS) is 15.2. The quantitative estimate of drug-likeness (QED) is 0.267. The Morgan fingerprint density at radius 1 is 0.973 bits per heavy atom. The third kappa shape index (κ3) is 7.77. The molecule has 0 saturated heterocycles. The van der Waals surface area contributed by atoms with Gasteiger partial charge in [0.25, 0.3) is 5.01 Å². The average Bonchev–Trinajstić information content (AvgIpc) is 3.30. The molecule has 0 radical (unpaired) electrons. The van der Waals surface area contributed by atoms with Crippen LogP contribution in [0.1, 0.15) is 17.8 Å². The second-order valence-electron chi connectivity index (χ2n) is 8.14. The highest BCUT2D eigenvalue weighted by Crippen LogP contribution is 2.46. The summed E-state index contributed by atoms with van der Waals surface area (Å²) < 4.78 is 69.4. The van der Waals surface area contributed by atoms with Crippen molar-refractivity contribution >= 4 is 65.3 Å². The van der Waals surface area contributed by atoms with Crippen molar-refractivity contribution in [2.75, 3.05) is 23.0 Å². The van der Waals surface area contributed by atoms with E-state index in [2.05, 4.69) is 0 Å². The number of aromatic nitrogens is 1. The van der Waals surface area contributed by atoms with Gasteiger partial charge in [-0.3, -0.25) is 0 Å². The van der Waals surface area contributed by atoms with Gasteiger partial charge in [0.15, 0.2) is 6.54 Å². The van der Waals surface area contributed by atoms with Gasteiger partial charge in [-0.1, -0.05) is 47.4 Å². The van der Waals surface area contributed by atoms with E-state index in [1.807, 2.05) is 58.0 Å². The minimum atomic E-state index is -4.31. The zero-order valence-electron chi connectivity index (χ0n) is 20.1. The van der Waals surface area contributed by atoms with E-state index in [0.717, 1.165) is 30.8 Å². The first-order chi connectivity index (χ1) is 17.0. The molecule has 37 heavy (non-hydrogen) atoms. The summed E-state index contributed by atoms with van der Waals surface area (Å²) in [7, 11) is -8.61. The molecule has 0 amide bonds. The summed E-state index contributed by atoms with van der Waals surface area (Å²) in [5.74, 6) is -0.897. The van der Waals surface area contributed by atoms with E-state index in [-0.39, 0.29) is 19.0 Å². The number of nitrogens with zero attached hydrogens (tertiary/aromatic N) is 2. The van der Waals surface area contributed by atoms with Gasteiger partial charge in [-0.2, -0.15) is 4.57 Å². The summed E-state index contributed by atoms with van der Waals surface area (Å²) in [6, 6.07) is 15.4. The van der Waals surface area contributed by atoms with Gasteiger partial charge in [0.05, 0.1) is 31.0 Å². The van der Waals surface area contributed by atoms with Crippen molar-refractivity contribution in [1.82, 2.24) is 6.15 Å². The summed E-state index contributed by atoms with van der Waals surface area (Å²) in [4.78, 5) is 2.95. The molecule has 0 saturated carbocycles. The van der Waals surface area contributed by atoms with Gasteiger partial charge in [0.2, 0.25) is 5.52 Å². The van der Waals surface area contributed by atoms with Crippen molar-refractivity contribution in [2.24, 2.45) is 5.73 Å². The second kappa shape index (κ2) is 11.9. The molecule has 14 heteroatoms. The van der Waals surface area contributed by atoms with Crippen molar-refractivity contribution in [3.05, 3.63) is 70.3 Å². The minimum Gasteiger partial charge on any atom is -0.748 e. The number of hydrogen-bond acceptors (Lipinski definition) is 10.